The molecule has 1 atom stereocenters. The minimum atomic E-state index is -0.262. The van der Waals surface area contributed by atoms with Crippen LogP contribution in [0.25, 0.3) is 0 Å². The van der Waals surface area contributed by atoms with E-state index >= 15 is 0 Å². The topological polar surface area (TPSA) is 62.4 Å². The van der Waals surface area contributed by atoms with E-state index in [2.05, 4.69) is 4.98 Å². The van der Waals surface area contributed by atoms with Gasteiger partial charge in [-0.05, 0) is 12.8 Å². The molecule has 0 radical (unpaired) electrons. The first-order valence-electron chi connectivity index (χ1n) is 5.72. The maximum absolute atomic E-state index is 12.0. The molecule has 2 heterocycles. The molecule has 1 unspecified atom stereocenters. The number of hydrogen-bond donors (Lipinski definition) is 1. The van der Waals surface area contributed by atoms with Crippen LogP contribution in [-0.2, 0) is 4.74 Å². The van der Waals surface area contributed by atoms with Gasteiger partial charge >= 0.3 is 0 Å². The first-order valence-corrected chi connectivity index (χ1v) is 5.72. The molecule has 1 aliphatic rings. The summed E-state index contributed by atoms with van der Waals surface area (Å²) in [4.78, 5) is 27.8. The Labute approximate surface area is 99.4 Å². The van der Waals surface area contributed by atoms with E-state index < -0.39 is 0 Å². The summed E-state index contributed by atoms with van der Waals surface area (Å²) in [5.41, 5.74) is -0.0825. The standard InChI is InChI=1S/C12H16N2O3/c1-14(8-9-3-2-6-17-9)12(16)10-7-13-5-4-11(10)15/h4-5,7,9H,2-3,6,8H2,1H3,(H,13,15). The monoisotopic (exact) mass is 236 g/mol. The summed E-state index contributed by atoms with van der Waals surface area (Å²) in [6.45, 7) is 1.30. The molecular formula is C12H16N2O3. The minimum absolute atomic E-state index is 0.103. The fourth-order valence-electron chi connectivity index (χ4n) is 1.97. The van der Waals surface area contributed by atoms with Crippen LogP contribution < -0.4 is 5.43 Å². The summed E-state index contributed by atoms with van der Waals surface area (Å²) in [6.07, 6.45) is 5.07. The van der Waals surface area contributed by atoms with E-state index in [4.69, 9.17) is 4.74 Å². The van der Waals surface area contributed by atoms with Crippen molar-refractivity contribution in [2.75, 3.05) is 20.2 Å². The zero-order valence-electron chi connectivity index (χ0n) is 9.81. The minimum Gasteiger partial charge on any atom is -0.376 e. The zero-order valence-corrected chi connectivity index (χ0v) is 9.81. The molecule has 1 aliphatic heterocycles. The summed E-state index contributed by atoms with van der Waals surface area (Å²) in [5, 5.41) is 0. The molecule has 1 amide bonds. The number of H-pyrrole nitrogens is 1. The summed E-state index contributed by atoms with van der Waals surface area (Å²) in [7, 11) is 1.69. The van der Waals surface area contributed by atoms with E-state index in [1.54, 1.807) is 11.9 Å². The third kappa shape index (κ3) is 2.74. The van der Waals surface area contributed by atoms with Gasteiger partial charge in [-0.15, -0.1) is 0 Å². The van der Waals surface area contributed by atoms with E-state index in [0.717, 1.165) is 19.4 Å². The Kier molecular flexibility index (Phi) is 3.58. The molecule has 5 nitrogen and oxygen atoms in total. The average molecular weight is 236 g/mol. The number of aromatic nitrogens is 1. The van der Waals surface area contributed by atoms with Gasteiger partial charge in [-0.25, -0.2) is 0 Å². The number of likely N-dealkylation sites (N-methyl/N-ethyl adjacent to an activating group) is 1. The van der Waals surface area contributed by atoms with E-state index in [1.165, 1.54) is 18.5 Å². The summed E-state index contributed by atoms with van der Waals surface area (Å²) in [6, 6.07) is 1.35. The number of amides is 1. The molecule has 0 aliphatic carbocycles. The van der Waals surface area contributed by atoms with Crippen LogP contribution in [0.2, 0.25) is 0 Å². The summed E-state index contributed by atoms with van der Waals surface area (Å²) < 4.78 is 5.46. The van der Waals surface area contributed by atoms with Crippen LogP contribution >= 0.6 is 0 Å². The van der Waals surface area contributed by atoms with E-state index in [1.807, 2.05) is 0 Å². The molecule has 92 valence electrons. The first-order chi connectivity index (χ1) is 8.18. The molecule has 0 bridgehead atoms. The Hall–Kier alpha value is -1.62. The smallest absolute Gasteiger partial charge is 0.259 e. The number of nitrogens with zero attached hydrogens (tertiary/aromatic N) is 1. The Bertz CT molecular complexity index is 449. The second-order valence-electron chi connectivity index (χ2n) is 4.24. The Morgan fingerprint density at radius 2 is 2.47 bits per heavy atom. The highest BCUT2D eigenvalue weighted by molar-refractivity contribution is 5.93. The van der Waals surface area contributed by atoms with E-state index in [-0.39, 0.29) is 23.0 Å². The lowest BCUT2D eigenvalue weighted by molar-refractivity contribution is 0.0586. The van der Waals surface area contributed by atoms with Crippen LogP contribution in [0.15, 0.2) is 23.3 Å². The van der Waals surface area contributed by atoms with Crippen LogP contribution in [0, 0.1) is 0 Å². The molecular weight excluding hydrogens is 220 g/mol. The third-order valence-electron chi connectivity index (χ3n) is 2.90. The van der Waals surface area contributed by atoms with Gasteiger partial charge in [-0.1, -0.05) is 0 Å². The van der Waals surface area contributed by atoms with Crippen molar-refractivity contribution in [3.8, 4) is 0 Å². The fraction of sp³-hybridized carbons (Fsp3) is 0.500. The van der Waals surface area contributed by atoms with E-state index in [9.17, 15) is 9.59 Å². The van der Waals surface area contributed by atoms with Gasteiger partial charge in [0, 0.05) is 38.7 Å². The van der Waals surface area contributed by atoms with Crippen LogP contribution in [-0.4, -0.2) is 42.1 Å². The molecule has 5 heteroatoms. The summed E-state index contributed by atoms with van der Waals surface area (Å²) >= 11 is 0. The van der Waals surface area contributed by atoms with Crippen molar-refractivity contribution >= 4 is 5.91 Å². The van der Waals surface area contributed by atoms with Gasteiger partial charge < -0.3 is 14.6 Å². The maximum Gasteiger partial charge on any atom is 0.259 e. The largest absolute Gasteiger partial charge is 0.376 e. The molecule has 17 heavy (non-hydrogen) atoms. The molecule has 1 aromatic rings. The second kappa shape index (κ2) is 5.14. The van der Waals surface area contributed by atoms with Gasteiger partial charge in [0.25, 0.3) is 5.91 Å². The number of rotatable bonds is 3. The number of pyridine rings is 1. The zero-order chi connectivity index (χ0) is 12.3. The van der Waals surface area contributed by atoms with Gasteiger partial charge in [0.05, 0.1) is 6.10 Å². The number of aromatic amines is 1. The predicted molar refractivity (Wildman–Crippen MR) is 63.0 cm³/mol. The lowest BCUT2D eigenvalue weighted by atomic mass is 10.2. The highest BCUT2D eigenvalue weighted by Gasteiger charge is 2.21. The number of ether oxygens (including phenoxy) is 1. The van der Waals surface area contributed by atoms with Gasteiger partial charge in [-0.3, -0.25) is 9.59 Å². The highest BCUT2D eigenvalue weighted by Crippen LogP contribution is 2.13. The first kappa shape index (κ1) is 11.9. The van der Waals surface area contributed by atoms with Crippen molar-refractivity contribution in [2.24, 2.45) is 0 Å². The predicted octanol–water partition coefficient (Wildman–Crippen LogP) is 0.626. The fourth-order valence-corrected chi connectivity index (χ4v) is 1.97. The number of nitrogens with one attached hydrogen (secondary N) is 1. The van der Waals surface area contributed by atoms with Gasteiger partial charge in [0.2, 0.25) is 0 Å². The Morgan fingerprint density at radius 3 is 3.12 bits per heavy atom. The number of carbonyl (C=O) groups excluding carboxylic acids is 1. The van der Waals surface area contributed by atoms with Crippen LogP contribution in [0.5, 0.6) is 0 Å². The molecule has 0 spiro atoms. The van der Waals surface area contributed by atoms with Crippen LogP contribution in [0.4, 0.5) is 0 Å². The van der Waals surface area contributed by atoms with Crippen molar-refractivity contribution < 1.29 is 9.53 Å². The number of carbonyl (C=O) groups is 1. The average Bonchev–Trinajstić information content (AvgIpc) is 2.81. The van der Waals surface area contributed by atoms with E-state index in [0.29, 0.717) is 6.54 Å². The van der Waals surface area contributed by atoms with Gasteiger partial charge in [-0.2, -0.15) is 0 Å². The Morgan fingerprint density at radius 1 is 1.65 bits per heavy atom. The lowest BCUT2D eigenvalue weighted by Crippen LogP contribution is -2.36. The Balaban J connectivity index is 2.04. The molecule has 1 saturated heterocycles. The van der Waals surface area contributed by atoms with Crippen molar-refractivity contribution in [3.63, 3.8) is 0 Å². The molecule has 0 saturated carbocycles. The molecule has 1 N–H and O–H groups in total. The van der Waals surface area contributed by atoms with Crippen LogP contribution in [0.1, 0.15) is 23.2 Å². The molecule has 1 aromatic heterocycles. The number of hydrogen-bond acceptors (Lipinski definition) is 3. The molecule has 2 rings (SSSR count). The van der Waals surface area contributed by atoms with Crippen molar-refractivity contribution in [1.29, 1.82) is 0 Å². The SMILES string of the molecule is CN(CC1CCCO1)C(=O)c1c[nH]ccc1=O. The van der Waals surface area contributed by atoms with Crippen molar-refractivity contribution in [3.05, 3.63) is 34.2 Å². The lowest BCUT2D eigenvalue weighted by Gasteiger charge is -2.20. The molecule has 1 fully saturated rings. The van der Waals surface area contributed by atoms with Gasteiger partial charge in [0.15, 0.2) is 5.43 Å². The quantitative estimate of drug-likeness (QED) is 0.837. The normalized spacial score (nSPS) is 19.2. The van der Waals surface area contributed by atoms with Crippen molar-refractivity contribution in [1.82, 2.24) is 9.88 Å². The maximum atomic E-state index is 12.0. The van der Waals surface area contributed by atoms with Crippen molar-refractivity contribution in [2.45, 2.75) is 18.9 Å². The third-order valence-corrected chi connectivity index (χ3v) is 2.90. The van der Waals surface area contributed by atoms with Gasteiger partial charge in [0.1, 0.15) is 5.56 Å². The summed E-state index contributed by atoms with van der Waals surface area (Å²) in [5.74, 6) is -0.262. The second-order valence-corrected chi connectivity index (χ2v) is 4.24. The highest BCUT2D eigenvalue weighted by atomic mass is 16.5. The molecule has 0 aromatic carbocycles. The van der Waals surface area contributed by atoms with Crippen LogP contribution in [0.3, 0.4) is 0 Å².